The van der Waals surface area contributed by atoms with Gasteiger partial charge in [0.2, 0.25) is 0 Å². The summed E-state index contributed by atoms with van der Waals surface area (Å²) in [6.45, 7) is 3.48. The van der Waals surface area contributed by atoms with Crippen molar-refractivity contribution in [2.75, 3.05) is 13.7 Å². The van der Waals surface area contributed by atoms with Gasteiger partial charge in [-0.05, 0) is 35.0 Å². The molecule has 0 radical (unpaired) electrons. The third-order valence-corrected chi connectivity index (χ3v) is 2.16. The minimum atomic E-state index is 0.324. The third kappa shape index (κ3) is 4.13. The van der Waals surface area contributed by atoms with Crippen LogP contribution in [0.5, 0.6) is 0 Å². The highest BCUT2D eigenvalue weighted by Gasteiger charge is 2.01. The van der Waals surface area contributed by atoms with Gasteiger partial charge < -0.3 is 10.1 Å². The number of methoxy groups -OCH3 is 1. The molecule has 0 saturated carbocycles. The highest BCUT2D eigenvalue weighted by Crippen LogP contribution is 2.03. The van der Waals surface area contributed by atoms with Gasteiger partial charge in [-0.3, -0.25) is 0 Å². The van der Waals surface area contributed by atoms with E-state index in [0.29, 0.717) is 19.2 Å². The molecule has 0 aromatic carbocycles. The van der Waals surface area contributed by atoms with Gasteiger partial charge in [0.15, 0.2) is 0 Å². The van der Waals surface area contributed by atoms with Gasteiger partial charge >= 0.3 is 0 Å². The second-order valence-corrected chi connectivity index (χ2v) is 3.90. The summed E-state index contributed by atoms with van der Waals surface area (Å²) in [6, 6.07) is 4.14. The monoisotopic (exact) mass is 259 g/mol. The molecule has 0 aliphatic rings. The van der Waals surface area contributed by atoms with Crippen molar-refractivity contribution in [3.8, 4) is 0 Å². The maximum atomic E-state index is 5.01. The minimum absolute atomic E-state index is 0.324. The second kappa shape index (κ2) is 6.06. The number of halogens is 1. The molecule has 1 rings (SSSR count). The van der Waals surface area contributed by atoms with Crippen molar-refractivity contribution in [1.82, 2.24) is 15.5 Å². The predicted molar refractivity (Wildman–Crippen MR) is 57.9 cm³/mol. The van der Waals surface area contributed by atoms with Crippen LogP contribution in [0.15, 0.2) is 16.7 Å². The van der Waals surface area contributed by atoms with Crippen LogP contribution in [0.4, 0.5) is 0 Å². The molecule has 0 aliphatic carbocycles. The summed E-state index contributed by atoms with van der Waals surface area (Å²) < 4.78 is 5.76. The lowest BCUT2D eigenvalue weighted by Gasteiger charge is -2.11. The standard InChI is InChI=1S/C9H14BrN3O/c1-7(6-14-2)11-5-8-3-4-9(10)13-12-8/h3-4,7,11H,5-6H2,1-2H3/t7-/m1/s1. The van der Waals surface area contributed by atoms with Gasteiger partial charge in [0, 0.05) is 19.7 Å². The molecule has 0 unspecified atom stereocenters. The molecule has 0 amide bonds. The molecule has 0 saturated heterocycles. The highest BCUT2D eigenvalue weighted by atomic mass is 79.9. The van der Waals surface area contributed by atoms with Crippen molar-refractivity contribution >= 4 is 15.9 Å². The molecule has 4 nitrogen and oxygen atoms in total. The SMILES string of the molecule is COC[C@@H](C)NCc1ccc(Br)nn1. The lowest BCUT2D eigenvalue weighted by Crippen LogP contribution is -2.29. The Hall–Kier alpha value is -0.520. The number of aromatic nitrogens is 2. The molecule has 1 N–H and O–H groups in total. The Kier molecular flexibility index (Phi) is 5.00. The Morgan fingerprint density at radius 3 is 2.86 bits per heavy atom. The van der Waals surface area contributed by atoms with E-state index in [-0.39, 0.29) is 0 Å². The first-order valence-corrected chi connectivity index (χ1v) is 5.22. The van der Waals surface area contributed by atoms with Crippen LogP contribution in [0, 0.1) is 0 Å². The maximum absolute atomic E-state index is 5.01. The Labute approximate surface area is 92.2 Å². The molecule has 1 aromatic heterocycles. The van der Waals surface area contributed by atoms with Crippen LogP contribution in [0.3, 0.4) is 0 Å². The minimum Gasteiger partial charge on any atom is -0.383 e. The average Bonchev–Trinajstić information content (AvgIpc) is 2.17. The van der Waals surface area contributed by atoms with E-state index in [1.807, 2.05) is 12.1 Å². The van der Waals surface area contributed by atoms with Gasteiger partial charge in [-0.1, -0.05) is 0 Å². The van der Waals surface area contributed by atoms with Gasteiger partial charge in [0.05, 0.1) is 12.3 Å². The maximum Gasteiger partial charge on any atom is 0.128 e. The quantitative estimate of drug-likeness (QED) is 0.868. The van der Waals surface area contributed by atoms with E-state index in [1.165, 1.54) is 0 Å². The Morgan fingerprint density at radius 1 is 1.50 bits per heavy atom. The van der Waals surface area contributed by atoms with Gasteiger partial charge in [0.1, 0.15) is 4.60 Å². The molecule has 5 heteroatoms. The van der Waals surface area contributed by atoms with Crippen molar-refractivity contribution in [3.05, 3.63) is 22.4 Å². The Morgan fingerprint density at radius 2 is 2.29 bits per heavy atom. The fraction of sp³-hybridized carbons (Fsp3) is 0.556. The van der Waals surface area contributed by atoms with E-state index in [4.69, 9.17) is 4.74 Å². The van der Waals surface area contributed by atoms with Crippen molar-refractivity contribution in [3.63, 3.8) is 0 Å². The van der Waals surface area contributed by atoms with Crippen molar-refractivity contribution < 1.29 is 4.74 Å². The highest BCUT2D eigenvalue weighted by molar-refractivity contribution is 9.10. The van der Waals surface area contributed by atoms with Crippen LogP contribution in [0.2, 0.25) is 0 Å². The number of nitrogens with zero attached hydrogens (tertiary/aromatic N) is 2. The normalized spacial score (nSPS) is 12.8. The first-order chi connectivity index (χ1) is 6.72. The summed E-state index contributed by atoms with van der Waals surface area (Å²) >= 11 is 3.24. The largest absolute Gasteiger partial charge is 0.383 e. The van der Waals surface area contributed by atoms with Crippen molar-refractivity contribution in [2.45, 2.75) is 19.5 Å². The fourth-order valence-electron chi connectivity index (χ4n) is 1.03. The molecule has 1 atom stereocenters. The van der Waals surface area contributed by atoms with Crippen molar-refractivity contribution in [1.29, 1.82) is 0 Å². The van der Waals surface area contributed by atoms with Gasteiger partial charge in [-0.15, -0.1) is 5.10 Å². The Bertz CT molecular complexity index is 265. The van der Waals surface area contributed by atoms with Gasteiger partial charge in [0.25, 0.3) is 0 Å². The molecule has 0 bridgehead atoms. The summed E-state index contributed by atoms with van der Waals surface area (Å²) in [4.78, 5) is 0. The molecule has 78 valence electrons. The van der Waals surface area contributed by atoms with Crippen LogP contribution < -0.4 is 5.32 Å². The first kappa shape index (κ1) is 11.6. The zero-order valence-corrected chi connectivity index (χ0v) is 9.91. The average molecular weight is 260 g/mol. The molecule has 0 spiro atoms. The zero-order chi connectivity index (χ0) is 10.4. The lowest BCUT2D eigenvalue weighted by atomic mass is 10.3. The third-order valence-electron chi connectivity index (χ3n) is 1.74. The predicted octanol–water partition coefficient (Wildman–Crippen LogP) is 1.36. The number of nitrogens with one attached hydrogen (secondary N) is 1. The first-order valence-electron chi connectivity index (χ1n) is 4.43. The second-order valence-electron chi connectivity index (χ2n) is 3.08. The molecular formula is C9H14BrN3O. The summed E-state index contributed by atoms with van der Waals surface area (Å²) in [5.41, 5.74) is 0.927. The van der Waals surface area contributed by atoms with Gasteiger partial charge in [-0.2, -0.15) is 5.10 Å². The van der Waals surface area contributed by atoms with Crippen LogP contribution in [0.25, 0.3) is 0 Å². The number of hydrogen-bond donors (Lipinski definition) is 1. The molecule has 0 aliphatic heterocycles. The summed E-state index contributed by atoms with van der Waals surface area (Å²) in [6.07, 6.45) is 0. The summed E-state index contributed by atoms with van der Waals surface area (Å²) in [7, 11) is 1.69. The lowest BCUT2D eigenvalue weighted by molar-refractivity contribution is 0.171. The van der Waals surface area contributed by atoms with Crippen LogP contribution in [-0.2, 0) is 11.3 Å². The van der Waals surface area contributed by atoms with E-state index >= 15 is 0 Å². The molecule has 14 heavy (non-hydrogen) atoms. The number of ether oxygens (including phenoxy) is 1. The molecule has 1 aromatic rings. The van der Waals surface area contributed by atoms with E-state index < -0.39 is 0 Å². The van der Waals surface area contributed by atoms with E-state index in [0.717, 1.165) is 10.3 Å². The van der Waals surface area contributed by atoms with Crippen LogP contribution in [0.1, 0.15) is 12.6 Å². The molecule has 1 heterocycles. The smallest absolute Gasteiger partial charge is 0.128 e. The van der Waals surface area contributed by atoms with Crippen LogP contribution >= 0.6 is 15.9 Å². The summed E-state index contributed by atoms with van der Waals surface area (Å²) in [5.74, 6) is 0. The van der Waals surface area contributed by atoms with Crippen LogP contribution in [-0.4, -0.2) is 30.0 Å². The summed E-state index contributed by atoms with van der Waals surface area (Å²) in [5, 5.41) is 11.2. The topological polar surface area (TPSA) is 47.0 Å². The zero-order valence-electron chi connectivity index (χ0n) is 8.33. The van der Waals surface area contributed by atoms with Gasteiger partial charge in [-0.25, -0.2) is 0 Å². The van der Waals surface area contributed by atoms with E-state index in [2.05, 4.69) is 38.4 Å². The Balaban J connectivity index is 2.34. The van der Waals surface area contributed by atoms with E-state index in [1.54, 1.807) is 7.11 Å². The molecular weight excluding hydrogens is 246 g/mol. The van der Waals surface area contributed by atoms with E-state index in [9.17, 15) is 0 Å². The number of hydrogen-bond acceptors (Lipinski definition) is 4. The van der Waals surface area contributed by atoms with Crippen molar-refractivity contribution in [2.24, 2.45) is 0 Å². The molecule has 0 fully saturated rings. The fourth-order valence-corrected chi connectivity index (χ4v) is 1.24. The number of rotatable bonds is 5.